The summed E-state index contributed by atoms with van der Waals surface area (Å²) in [6.45, 7) is 3.89. The molecule has 6 heteroatoms. The number of halogens is 1. The van der Waals surface area contributed by atoms with Gasteiger partial charge in [-0.05, 0) is 53.4 Å². The van der Waals surface area contributed by atoms with Crippen molar-refractivity contribution >= 4 is 34.9 Å². The molecule has 1 fully saturated rings. The second-order valence-electron chi connectivity index (χ2n) is 7.33. The monoisotopic (exact) mass is 425 g/mol. The normalized spacial score (nSPS) is 13.5. The van der Waals surface area contributed by atoms with Crippen molar-refractivity contribution < 1.29 is 9.53 Å². The fourth-order valence-corrected chi connectivity index (χ4v) is 3.58. The fraction of sp³-hybridized carbons (Fsp3) is 0.292. The predicted octanol–water partition coefficient (Wildman–Crippen LogP) is 4.71. The molecule has 1 aliphatic rings. The average Bonchev–Trinajstić information content (AvgIpc) is 2.78. The first kappa shape index (κ1) is 21.9. The fourth-order valence-electron chi connectivity index (χ4n) is 3.58. The van der Waals surface area contributed by atoms with E-state index >= 15 is 0 Å². The maximum atomic E-state index is 12.4. The summed E-state index contributed by atoms with van der Waals surface area (Å²) in [5.74, 6) is 0.913. The Morgan fingerprint density at radius 1 is 0.967 bits per heavy atom. The molecule has 0 bridgehead atoms. The highest BCUT2D eigenvalue weighted by Crippen LogP contribution is 2.22. The molecule has 0 unspecified atom stereocenters. The van der Waals surface area contributed by atoms with Gasteiger partial charge in [0.05, 0.1) is 6.61 Å². The van der Waals surface area contributed by atoms with Gasteiger partial charge in [-0.1, -0.05) is 42.5 Å². The van der Waals surface area contributed by atoms with Crippen LogP contribution in [0.25, 0.3) is 10.8 Å². The Labute approximate surface area is 183 Å². The van der Waals surface area contributed by atoms with Crippen molar-refractivity contribution in [3.05, 3.63) is 72.3 Å². The molecule has 2 amide bonds. The number of nitrogens with zero attached hydrogens (tertiary/aromatic N) is 1. The van der Waals surface area contributed by atoms with E-state index in [1.807, 2.05) is 41.3 Å². The average molecular weight is 426 g/mol. The van der Waals surface area contributed by atoms with Gasteiger partial charge in [0.25, 0.3) is 0 Å². The Bertz CT molecular complexity index is 959. The number of benzene rings is 3. The summed E-state index contributed by atoms with van der Waals surface area (Å²) < 4.78 is 5.78. The third kappa shape index (κ3) is 5.88. The Morgan fingerprint density at radius 2 is 1.73 bits per heavy atom. The predicted molar refractivity (Wildman–Crippen MR) is 125 cm³/mol. The SMILES string of the molecule is Cl.O=C(Nc1ccc2ccc(CCCOc3ccccc3)cc2c1)N1CCNCC1. The van der Waals surface area contributed by atoms with Gasteiger partial charge in [0, 0.05) is 31.9 Å². The van der Waals surface area contributed by atoms with Crippen LogP contribution >= 0.6 is 12.4 Å². The molecule has 1 saturated heterocycles. The zero-order valence-corrected chi connectivity index (χ0v) is 17.8. The van der Waals surface area contributed by atoms with Gasteiger partial charge in [-0.2, -0.15) is 0 Å². The van der Waals surface area contributed by atoms with Crippen molar-refractivity contribution in [3.8, 4) is 5.75 Å². The minimum atomic E-state index is -0.0277. The Kier molecular flexibility index (Phi) is 7.94. The number of amides is 2. The molecule has 0 aromatic heterocycles. The van der Waals surface area contributed by atoms with Crippen molar-refractivity contribution in [1.82, 2.24) is 10.2 Å². The van der Waals surface area contributed by atoms with Gasteiger partial charge in [-0.15, -0.1) is 12.4 Å². The molecule has 1 aliphatic heterocycles. The highest BCUT2D eigenvalue weighted by molar-refractivity contribution is 5.93. The van der Waals surface area contributed by atoms with E-state index in [2.05, 4.69) is 41.0 Å². The summed E-state index contributed by atoms with van der Waals surface area (Å²) in [5.41, 5.74) is 2.12. The van der Waals surface area contributed by atoms with E-state index in [9.17, 15) is 4.79 Å². The number of ether oxygens (including phenoxy) is 1. The van der Waals surface area contributed by atoms with Gasteiger partial charge in [-0.3, -0.25) is 0 Å². The molecule has 3 aromatic rings. The summed E-state index contributed by atoms with van der Waals surface area (Å²) in [6, 6.07) is 22.5. The lowest BCUT2D eigenvalue weighted by atomic mass is 10.0. The first-order valence-corrected chi connectivity index (χ1v) is 10.3. The van der Waals surface area contributed by atoms with Crippen LogP contribution in [0.2, 0.25) is 0 Å². The van der Waals surface area contributed by atoms with Crippen molar-refractivity contribution in [2.45, 2.75) is 12.8 Å². The lowest BCUT2D eigenvalue weighted by molar-refractivity contribution is 0.204. The maximum Gasteiger partial charge on any atom is 0.321 e. The van der Waals surface area contributed by atoms with Crippen LogP contribution in [0.1, 0.15) is 12.0 Å². The third-order valence-corrected chi connectivity index (χ3v) is 5.18. The second-order valence-corrected chi connectivity index (χ2v) is 7.33. The van der Waals surface area contributed by atoms with E-state index in [-0.39, 0.29) is 18.4 Å². The number of carbonyl (C=O) groups excluding carboxylic acids is 1. The number of nitrogens with one attached hydrogen (secondary N) is 2. The number of aryl methyl sites for hydroxylation is 1. The molecule has 1 heterocycles. The summed E-state index contributed by atoms with van der Waals surface area (Å²) in [4.78, 5) is 14.3. The maximum absolute atomic E-state index is 12.4. The zero-order valence-electron chi connectivity index (χ0n) is 17.0. The molecule has 5 nitrogen and oxygen atoms in total. The van der Waals surface area contributed by atoms with Gasteiger partial charge >= 0.3 is 6.03 Å². The summed E-state index contributed by atoms with van der Waals surface area (Å²) in [5, 5.41) is 8.61. The standard InChI is InChI=1S/C24H27N3O2.ClH/c28-24(27-14-12-25-13-15-27)26-22-11-10-20-9-8-19(17-21(20)18-22)5-4-16-29-23-6-2-1-3-7-23;/h1-3,6-11,17-18,25H,4-5,12-16H2,(H,26,28);1H. The van der Waals surface area contributed by atoms with Crippen LogP contribution in [-0.4, -0.2) is 43.7 Å². The van der Waals surface area contributed by atoms with Gasteiger partial charge in [0.1, 0.15) is 5.75 Å². The molecule has 0 spiro atoms. The molecular formula is C24H28ClN3O2. The quantitative estimate of drug-likeness (QED) is 0.562. The van der Waals surface area contributed by atoms with Crippen molar-refractivity contribution in [2.24, 2.45) is 0 Å². The van der Waals surface area contributed by atoms with Gasteiger partial charge in [-0.25, -0.2) is 4.79 Å². The van der Waals surface area contributed by atoms with Crippen LogP contribution in [0.5, 0.6) is 5.75 Å². The molecule has 30 heavy (non-hydrogen) atoms. The van der Waals surface area contributed by atoms with Crippen molar-refractivity contribution in [2.75, 3.05) is 38.1 Å². The van der Waals surface area contributed by atoms with E-state index in [0.717, 1.165) is 55.8 Å². The van der Waals surface area contributed by atoms with E-state index in [1.165, 1.54) is 10.9 Å². The number of hydrogen-bond donors (Lipinski definition) is 2. The minimum Gasteiger partial charge on any atom is -0.494 e. The summed E-state index contributed by atoms with van der Waals surface area (Å²) in [7, 11) is 0. The Hall–Kier alpha value is -2.76. The highest BCUT2D eigenvalue weighted by Gasteiger charge is 2.16. The van der Waals surface area contributed by atoms with Crippen LogP contribution in [0.3, 0.4) is 0 Å². The number of fused-ring (bicyclic) bond motifs is 1. The highest BCUT2D eigenvalue weighted by atomic mass is 35.5. The summed E-state index contributed by atoms with van der Waals surface area (Å²) >= 11 is 0. The zero-order chi connectivity index (χ0) is 19.9. The number of rotatable bonds is 6. The van der Waals surface area contributed by atoms with Crippen LogP contribution in [0.15, 0.2) is 66.7 Å². The molecule has 4 rings (SSSR count). The molecule has 0 radical (unpaired) electrons. The van der Waals surface area contributed by atoms with E-state index < -0.39 is 0 Å². The molecule has 0 aliphatic carbocycles. The lowest BCUT2D eigenvalue weighted by Crippen LogP contribution is -2.48. The molecule has 0 atom stereocenters. The third-order valence-electron chi connectivity index (χ3n) is 5.18. The first-order valence-electron chi connectivity index (χ1n) is 10.3. The molecular weight excluding hydrogens is 398 g/mol. The van der Waals surface area contributed by atoms with Crippen molar-refractivity contribution in [3.63, 3.8) is 0 Å². The number of carbonyl (C=O) groups is 1. The Morgan fingerprint density at radius 3 is 2.53 bits per heavy atom. The van der Waals surface area contributed by atoms with Gasteiger partial charge in [0.15, 0.2) is 0 Å². The summed E-state index contributed by atoms with van der Waals surface area (Å²) in [6.07, 6.45) is 1.92. The minimum absolute atomic E-state index is 0. The Balaban J connectivity index is 0.00000256. The first-order chi connectivity index (χ1) is 14.3. The topological polar surface area (TPSA) is 53.6 Å². The number of para-hydroxylation sites is 1. The smallest absolute Gasteiger partial charge is 0.321 e. The van der Waals surface area contributed by atoms with Gasteiger partial charge < -0.3 is 20.3 Å². The van der Waals surface area contributed by atoms with E-state index in [1.54, 1.807) is 0 Å². The lowest BCUT2D eigenvalue weighted by Gasteiger charge is -2.27. The van der Waals surface area contributed by atoms with Gasteiger partial charge in [0.2, 0.25) is 0 Å². The number of piperazine rings is 1. The number of urea groups is 1. The molecule has 3 aromatic carbocycles. The van der Waals surface area contributed by atoms with Crippen LogP contribution in [-0.2, 0) is 6.42 Å². The van der Waals surface area contributed by atoms with Crippen molar-refractivity contribution in [1.29, 1.82) is 0 Å². The van der Waals surface area contributed by atoms with Crippen LogP contribution in [0.4, 0.5) is 10.5 Å². The molecule has 158 valence electrons. The number of hydrogen-bond acceptors (Lipinski definition) is 3. The molecule has 2 N–H and O–H groups in total. The largest absolute Gasteiger partial charge is 0.494 e. The van der Waals surface area contributed by atoms with Crippen LogP contribution in [0, 0.1) is 0 Å². The molecule has 0 saturated carbocycles. The number of anilines is 1. The van der Waals surface area contributed by atoms with E-state index in [0.29, 0.717) is 6.61 Å². The second kappa shape index (κ2) is 10.9. The van der Waals surface area contributed by atoms with E-state index in [4.69, 9.17) is 4.74 Å². The van der Waals surface area contributed by atoms with Crippen LogP contribution < -0.4 is 15.4 Å².